The van der Waals surface area contributed by atoms with Gasteiger partial charge in [0.1, 0.15) is 5.60 Å². The third-order valence-electron chi connectivity index (χ3n) is 9.00. The van der Waals surface area contributed by atoms with Crippen molar-refractivity contribution in [3.63, 3.8) is 0 Å². The molecule has 4 aliphatic rings. The molecule has 1 aromatic heterocycles. The highest BCUT2D eigenvalue weighted by Crippen LogP contribution is 2.52. The van der Waals surface area contributed by atoms with Crippen LogP contribution in [0.5, 0.6) is 0 Å². The van der Waals surface area contributed by atoms with Crippen LogP contribution in [0.4, 0.5) is 25.1 Å². The number of carbonyl (C=O) groups is 1. The van der Waals surface area contributed by atoms with Crippen LogP contribution < -0.4 is 9.03 Å². The minimum atomic E-state index is -3.81. The number of pyridine rings is 1. The Morgan fingerprint density at radius 1 is 1.17 bits per heavy atom. The van der Waals surface area contributed by atoms with Crippen molar-refractivity contribution in [1.29, 1.82) is 0 Å². The minimum absolute atomic E-state index is 0.0842. The number of ether oxygens (including phenoxy) is 1. The molecular weight excluding hydrogens is 564 g/mol. The van der Waals surface area contributed by atoms with Gasteiger partial charge >= 0.3 is 16.3 Å². The van der Waals surface area contributed by atoms with Gasteiger partial charge in [0.2, 0.25) is 0 Å². The molecule has 0 radical (unpaired) electrons. The van der Waals surface area contributed by atoms with Crippen molar-refractivity contribution in [2.75, 3.05) is 42.3 Å². The monoisotopic (exact) mass is 603 g/mol. The predicted molar refractivity (Wildman–Crippen MR) is 157 cm³/mol. The Morgan fingerprint density at radius 3 is 2.45 bits per heavy atom. The molecule has 2 aromatic rings. The first kappa shape index (κ1) is 29.1. The molecule has 1 aromatic carbocycles. The number of anilines is 2. The SMILES string of the molecule is Cc1ccc(CN2CCC3(CC2)CN(C(=O)OC(C)(C)C)C3)cc1-c1cc(CC2CC2(F)F)c2c(n1)N(C)S(=O)(=O)N2. The molecule has 6 rings (SSSR count). The van der Waals surface area contributed by atoms with Crippen LogP contribution in [0, 0.1) is 18.3 Å². The molecule has 4 heterocycles. The fourth-order valence-electron chi connectivity index (χ4n) is 6.31. The normalized spacial score (nSPS) is 23.7. The highest BCUT2D eigenvalue weighted by atomic mass is 32.2. The molecule has 1 atom stereocenters. The molecular formula is C30H39F2N5O4S. The molecule has 42 heavy (non-hydrogen) atoms. The lowest BCUT2D eigenvalue weighted by molar-refractivity contribution is -0.0600. The number of carbonyl (C=O) groups excluding carboxylic acids is 1. The van der Waals surface area contributed by atoms with E-state index in [1.165, 1.54) is 7.05 Å². The molecule has 1 saturated carbocycles. The molecule has 0 bridgehead atoms. The van der Waals surface area contributed by atoms with Crippen molar-refractivity contribution in [2.45, 2.75) is 71.4 Å². The van der Waals surface area contributed by atoms with E-state index in [1.54, 1.807) is 11.0 Å². The van der Waals surface area contributed by atoms with Gasteiger partial charge in [-0.25, -0.2) is 22.9 Å². The van der Waals surface area contributed by atoms with Gasteiger partial charge in [-0.15, -0.1) is 0 Å². The van der Waals surface area contributed by atoms with Crippen molar-refractivity contribution in [2.24, 2.45) is 11.3 Å². The van der Waals surface area contributed by atoms with Crippen LogP contribution >= 0.6 is 0 Å². The van der Waals surface area contributed by atoms with E-state index in [2.05, 4.69) is 21.8 Å². The summed E-state index contributed by atoms with van der Waals surface area (Å²) in [5.74, 6) is -3.27. The number of likely N-dealkylation sites (tertiary alicyclic amines) is 2. The zero-order valence-electron chi connectivity index (χ0n) is 24.8. The lowest BCUT2D eigenvalue weighted by atomic mass is 9.72. The van der Waals surface area contributed by atoms with Crippen LogP contribution in [0.1, 0.15) is 56.7 Å². The van der Waals surface area contributed by atoms with Gasteiger partial charge in [0.25, 0.3) is 5.92 Å². The highest BCUT2D eigenvalue weighted by Gasteiger charge is 2.56. The lowest BCUT2D eigenvalue weighted by Crippen LogP contribution is -2.62. The summed E-state index contributed by atoms with van der Waals surface area (Å²) < 4.78 is 61.9. The summed E-state index contributed by atoms with van der Waals surface area (Å²) in [4.78, 5) is 21.3. The van der Waals surface area contributed by atoms with Gasteiger partial charge in [-0.3, -0.25) is 9.62 Å². The topological polar surface area (TPSA) is 95.1 Å². The number of hydrogen-bond acceptors (Lipinski definition) is 6. The summed E-state index contributed by atoms with van der Waals surface area (Å²) in [5.41, 5.74) is 4.01. The number of fused-ring (bicyclic) bond motifs is 1. The number of nitrogens with zero attached hydrogens (tertiary/aromatic N) is 4. The summed E-state index contributed by atoms with van der Waals surface area (Å²) in [6.07, 6.45) is 1.69. The summed E-state index contributed by atoms with van der Waals surface area (Å²) >= 11 is 0. The summed E-state index contributed by atoms with van der Waals surface area (Å²) in [6, 6.07) is 7.96. The first-order valence-electron chi connectivity index (χ1n) is 14.5. The van der Waals surface area contributed by atoms with E-state index in [9.17, 15) is 22.0 Å². The number of halogens is 2. The molecule has 2 saturated heterocycles. The van der Waals surface area contributed by atoms with Gasteiger partial charge in [-0.2, -0.15) is 8.42 Å². The van der Waals surface area contributed by atoms with E-state index in [0.29, 0.717) is 16.9 Å². The van der Waals surface area contributed by atoms with E-state index in [0.717, 1.165) is 66.6 Å². The second-order valence-corrected chi connectivity index (χ2v) is 15.3. The number of nitrogens with one attached hydrogen (secondary N) is 1. The number of rotatable bonds is 5. The van der Waals surface area contributed by atoms with Crippen LogP contribution in [0.25, 0.3) is 11.3 Å². The number of aryl methyl sites for hydroxylation is 1. The largest absolute Gasteiger partial charge is 0.444 e. The summed E-state index contributed by atoms with van der Waals surface area (Å²) in [7, 11) is -2.39. The molecule has 1 spiro atoms. The van der Waals surface area contributed by atoms with Crippen LogP contribution in [-0.2, 0) is 27.9 Å². The first-order valence-corrected chi connectivity index (χ1v) is 16.0. The standard InChI is InChI=1S/C30H39F2N5O4S/c1-19-6-7-20(16-36-10-8-29(9-11-36)17-37(18-29)27(38)41-28(2,3)4)12-23(19)24-14-21(13-22-15-30(22,31)32)25-26(33-24)35(5)42(39,40)34-25/h6-7,12,14,22,34H,8-11,13,15-18H2,1-5H3. The summed E-state index contributed by atoms with van der Waals surface area (Å²) in [5, 5.41) is 0. The van der Waals surface area contributed by atoms with Gasteiger partial charge < -0.3 is 9.64 Å². The zero-order chi connectivity index (χ0) is 30.2. The molecule has 1 amide bonds. The van der Waals surface area contributed by atoms with Crippen molar-refractivity contribution in [3.05, 3.63) is 41.0 Å². The number of amides is 1. The first-order chi connectivity index (χ1) is 19.5. The lowest BCUT2D eigenvalue weighted by Gasteiger charge is -2.53. The predicted octanol–water partition coefficient (Wildman–Crippen LogP) is 5.19. The molecule has 1 N–H and O–H groups in total. The Bertz CT molecular complexity index is 1520. The highest BCUT2D eigenvalue weighted by molar-refractivity contribution is 7.94. The van der Waals surface area contributed by atoms with Crippen LogP contribution in [0.3, 0.4) is 0 Å². The van der Waals surface area contributed by atoms with Crippen molar-refractivity contribution in [1.82, 2.24) is 14.8 Å². The Balaban J connectivity index is 1.16. The van der Waals surface area contributed by atoms with Gasteiger partial charge in [-0.05, 0) is 88.9 Å². The van der Waals surface area contributed by atoms with Gasteiger partial charge in [0, 0.05) is 50.0 Å². The Labute approximate surface area is 246 Å². The van der Waals surface area contributed by atoms with Crippen molar-refractivity contribution in [3.8, 4) is 11.3 Å². The number of alkyl halides is 2. The Morgan fingerprint density at radius 2 is 1.83 bits per heavy atom. The maximum absolute atomic E-state index is 13.8. The van der Waals surface area contributed by atoms with Crippen molar-refractivity contribution < 1.29 is 26.7 Å². The van der Waals surface area contributed by atoms with Crippen LogP contribution in [0.2, 0.25) is 0 Å². The van der Waals surface area contributed by atoms with E-state index in [4.69, 9.17) is 9.72 Å². The Kier molecular flexibility index (Phi) is 6.77. The third-order valence-corrected chi connectivity index (χ3v) is 10.4. The number of piperidine rings is 1. The molecule has 1 unspecified atom stereocenters. The molecule has 3 aliphatic heterocycles. The number of hydrogen-bond donors (Lipinski definition) is 1. The van der Waals surface area contributed by atoms with E-state index >= 15 is 0 Å². The number of aromatic nitrogens is 1. The molecule has 228 valence electrons. The van der Waals surface area contributed by atoms with Crippen LogP contribution in [-0.4, -0.2) is 74.0 Å². The second-order valence-electron chi connectivity index (χ2n) is 13.6. The maximum atomic E-state index is 13.8. The fourth-order valence-corrected chi connectivity index (χ4v) is 7.29. The average Bonchev–Trinajstić information content (AvgIpc) is 3.40. The van der Waals surface area contributed by atoms with Gasteiger partial charge in [0.05, 0.1) is 11.4 Å². The minimum Gasteiger partial charge on any atom is -0.444 e. The zero-order valence-corrected chi connectivity index (χ0v) is 25.7. The van der Waals surface area contributed by atoms with E-state index in [-0.39, 0.29) is 30.2 Å². The van der Waals surface area contributed by atoms with E-state index < -0.39 is 27.7 Å². The smallest absolute Gasteiger partial charge is 0.410 e. The van der Waals surface area contributed by atoms with Gasteiger partial charge in [-0.1, -0.05) is 12.1 Å². The average molecular weight is 604 g/mol. The summed E-state index contributed by atoms with van der Waals surface area (Å²) in [6.45, 7) is 11.7. The molecule has 3 fully saturated rings. The maximum Gasteiger partial charge on any atom is 0.410 e. The third kappa shape index (κ3) is 5.55. The second kappa shape index (κ2) is 9.77. The molecule has 1 aliphatic carbocycles. The molecule has 12 heteroatoms. The van der Waals surface area contributed by atoms with Crippen molar-refractivity contribution >= 4 is 27.8 Å². The fraction of sp³-hybridized carbons (Fsp3) is 0.600. The van der Waals surface area contributed by atoms with Gasteiger partial charge in [0.15, 0.2) is 5.82 Å². The number of benzene rings is 1. The quantitative estimate of drug-likeness (QED) is 0.505. The Hall–Kier alpha value is -2.99. The van der Waals surface area contributed by atoms with Crippen LogP contribution in [0.15, 0.2) is 24.3 Å². The molecule has 9 nitrogen and oxygen atoms in total. The van der Waals surface area contributed by atoms with E-state index in [1.807, 2.05) is 33.8 Å².